The lowest BCUT2D eigenvalue weighted by molar-refractivity contribution is -0.154. The molecule has 0 aliphatic carbocycles. The average molecular weight is 580 g/mol. The van der Waals surface area contributed by atoms with Gasteiger partial charge >= 0.3 is 0 Å². The van der Waals surface area contributed by atoms with Gasteiger partial charge in [0.25, 0.3) is 0 Å². The lowest BCUT2D eigenvalue weighted by Crippen LogP contribution is -2.58. The summed E-state index contributed by atoms with van der Waals surface area (Å²) in [5.41, 5.74) is -0.899. The molecule has 1 spiro atoms. The molecule has 8 nitrogen and oxygen atoms in total. The molecule has 0 saturated carbocycles. The van der Waals surface area contributed by atoms with Gasteiger partial charge in [-0.25, -0.2) is 0 Å². The number of likely N-dealkylation sites (tertiary alicyclic amines) is 1. The lowest BCUT2D eigenvalue weighted by atomic mass is 9.66. The molecule has 230 valence electrons. The molecule has 3 fully saturated rings. The number of carbonyl (C=O) groups is 3. The number of aliphatic hydroxyl groups is 1. The minimum atomic E-state index is -1.06. The number of fused-ring (bicyclic) bond motifs is 1. The van der Waals surface area contributed by atoms with E-state index in [1.165, 1.54) is 0 Å². The van der Waals surface area contributed by atoms with Crippen molar-refractivity contribution in [3.8, 4) is 0 Å². The first kappa shape index (κ1) is 32.0. The molecule has 42 heavy (non-hydrogen) atoms. The van der Waals surface area contributed by atoms with Gasteiger partial charge in [0.15, 0.2) is 0 Å². The molecule has 3 aliphatic rings. The predicted molar refractivity (Wildman–Crippen MR) is 163 cm³/mol. The van der Waals surface area contributed by atoms with E-state index in [0.29, 0.717) is 51.9 Å². The van der Waals surface area contributed by atoms with Gasteiger partial charge in [-0.2, -0.15) is 0 Å². The second-order valence-electron chi connectivity index (χ2n) is 12.5. The summed E-state index contributed by atoms with van der Waals surface area (Å²) in [7, 11) is 0. The van der Waals surface area contributed by atoms with Gasteiger partial charge in [-0.05, 0) is 57.9 Å². The molecule has 0 aromatic heterocycles. The van der Waals surface area contributed by atoms with Crippen LogP contribution in [0.4, 0.5) is 0 Å². The Labute approximate surface area is 251 Å². The zero-order valence-electron chi connectivity index (χ0n) is 25.7. The third kappa shape index (κ3) is 5.80. The van der Waals surface area contributed by atoms with E-state index in [1.54, 1.807) is 22.0 Å². The molecule has 1 aromatic rings. The first-order valence-electron chi connectivity index (χ1n) is 15.7. The first-order valence-corrected chi connectivity index (χ1v) is 15.7. The van der Waals surface area contributed by atoms with Crippen LogP contribution in [0.2, 0.25) is 0 Å². The van der Waals surface area contributed by atoms with Crippen molar-refractivity contribution in [1.29, 1.82) is 0 Å². The summed E-state index contributed by atoms with van der Waals surface area (Å²) in [6.45, 7) is 15.5. The molecule has 8 heteroatoms. The summed E-state index contributed by atoms with van der Waals surface area (Å²) in [5, 5.41) is 9.32. The molecular weight excluding hydrogens is 530 g/mol. The Balaban J connectivity index is 1.73. The molecule has 3 aliphatic heterocycles. The molecule has 4 rings (SSSR count). The van der Waals surface area contributed by atoms with Crippen LogP contribution >= 0.6 is 0 Å². The molecule has 3 saturated heterocycles. The highest BCUT2D eigenvalue weighted by Gasteiger charge is 2.78. The monoisotopic (exact) mass is 579 g/mol. The summed E-state index contributed by atoms with van der Waals surface area (Å²) in [5.74, 6) is -1.85. The number of aliphatic hydroxyl groups excluding tert-OH is 1. The SMILES string of the molecule is C=CCN(Cc1ccccc1)C(=O)[C@@H]1[C@H]2C(=O)N(CCCCCO)C(C(=O)N(CC=C)C(C)CCC)C23CC[C@@]1(C)O3. The summed E-state index contributed by atoms with van der Waals surface area (Å²) in [6, 6.07) is 8.98. The smallest absolute Gasteiger partial charge is 0.248 e. The van der Waals surface area contributed by atoms with Gasteiger partial charge in [-0.15, -0.1) is 13.2 Å². The van der Waals surface area contributed by atoms with Crippen molar-refractivity contribution in [3.63, 3.8) is 0 Å². The Bertz CT molecular complexity index is 1140. The maximum Gasteiger partial charge on any atom is 0.248 e. The van der Waals surface area contributed by atoms with Gasteiger partial charge < -0.3 is 24.5 Å². The molecule has 3 amide bonds. The third-order valence-electron chi connectivity index (χ3n) is 9.56. The Morgan fingerprint density at radius 3 is 2.48 bits per heavy atom. The Kier molecular flexibility index (Phi) is 10.3. The molecule has 1 aromatic carbocycles. The van der Waals surface area contributed by atoms with Crippen molar-refractivity contribution in [2.24, 2.45) is 11.8 Å². The zero-order chi connectivity index (χ0) is 30.5. The molecule has 0 radical (unpaired) electrons. The summed E-state index contributed by atoms with van der Waals surface area (Å²) in [6.07, 6.45) is 8.41. The predicted octanol–water partition coefficient (Wildman–Crippen LogP) is 4.33. The van der Waals surface area contributed by atoms with Gasteiger partial charge in [-0.3, -0.25) is 14.4 Å². The van der Waals surface area contributed by atoms with Crippen LogP contribution in [0.3, 0.4) is 0 Å². The minimum Gasteiger partial charge on any atom is -0.396 e. The van der Waals surface area contributed by atoms with Crippen molar-refractivity contribution < 1.29 is 24.2 Å². The van der Waals surface area contributed by atoms with E-state index in [-0.39, 0.29) is 30.4 Å². The molecular formula is C34H49N3O5. The number of amides is 3. The van der Waals surface area contributed by atoms with Crippen molar-refractivity contribution >= 4 is 17.7 Å². The number of hydrogen-bond acceptors (Lipinski definition) is 5. The van der Waals surface area contributed by atoms with E-state index < -0.39 is 29.1 Å². The van der Waals surface area contributed by atoms with Crippen LogP contribution < -0.4 is 0 Å². The van der Waals surface area contributed by atoms with Gasteiger partial charge in [0.05, 0.1) is 17.4 Å². The topological polar surface area (TPSA) is 90.4 Å². The van der Waals surface area contributed by atoms with Crippen molar-refractivity contribution in [2.75, 3.05) is 26.2 Å². The van der Waals surface area contributed by atoms with Gasteiger partial charge in [-0.1, -0.05) is 55.8 Å². The molecule has 3 unspecified atom stereocenters. The fourth-order valence-electron chi connectivity index (χ4n) is 7.64. The first-order chi connectivity index (χ1) is 20.2. The second-order valence-corrected chi connectivity index (χ2v) is 12.5. The van der Waals surface area contributed by atoms with E-state index >= 15 is 0 Å². The highest BCUT2D eigenvalue weighted by atomic mass is 16.5. The number of nitrogens with zero attached hydrogens (tertiary/aromatic N) is 3. The highest BCUT2D eigenvalue weighted by Crippen LogP contribution is 2.63. The van der Waals surface area contributed by atoms with Crippen LogP contribution in [-0.2, 0) is 25.7 Å². The van der Waals surface area contributed by atoms with Gasteiger partial charge in [0, 0.05) is 38.8 Å². The zero-order valence-corrected chi connectivity index (χ0v) is 25.7. The lowest BCUT2D eigenvalue weighted by Gasteiger charge is -2.39. The number of ether oxygens (including phenoxy) is 1. The van der Waals surface area contributed by atoms with Crippen molar-refractivity contribution in [3.05, 3.63) is 61.2 Å². The average Bonchev–Trinajstić information content (AvgIpc) is 3.54. The Morgan fingerprint density at radius 2 is 1.83 bits per heavy atom. The number of unbranched alkanes of at least 4 members (excludes halogenated alkanes) is 2. The largest absolute Gasteiger partial charge is 0.396 e. The van der Waals surface area contributed by atoms with Crippen LogP contribution in [0.5, 0.6) is 0 Å². The van der Waals surface area contributed by atoms with Gasteiger partial charge in [0.1, 0.15) is 11.6 Å². The standard InChI is InChI=1S/C34H49N3O5/c1-6-15-25(4)36(21-8-3)32(41)29-34-19-18-33(5,42-34)27(28(34)31(40)37(29)22-13-10-14-23-38)30(39)35(20-7-2)24-26-16-11-9-12-17-26/h7-9,11-12,16-17,25,27-29,38H,2-3,6,10,13-15,18-24H2,1,4-5H3/t25?,27-,28-,29?,33+,34?/m0/s1. The van der Waals surface area contributed by atoms with E-state index in [0.717, 1.165) is 24.8 Å². The van der Waals surface area contributed by atoms with Gasteiger partial charge in [0.2, 0.25) is 17.7 Å². The van der Waals surface area contributed by atoms with Crippen LogP contribution in [-0.4, -0.2) is 87.1 Å². The highest BCUT2D eigenvalue weighted by molar-refractivity contribution is 5.99. The normalized spacial score (nSPS) is 28.4. The third-order valence-corrected chi connectivity index (χ3v) is 9.56. The number of rotatable bonds is 16. The van der Waals surface area contributed by atoms with Crippen LogP contribution in [0.15, 0.2) is 55.6 Å². The van der Waals surface area contributed by atoms with E-state index in [4.69, 9.17) is 4.74 Å². The van der Waals surface area contributed by atoms with Crippen molar-refractivity contribution in [1.82, 2.24) is 14.7 Å². The molecule has 1 N–H and O–H groups in total. The maximum absolute atomic E-state index is 14.5. The van der Waals surface area contributed by atoms with E-state index in [1.807, 2.05) is 49.1 Å². The Hall–Kier alpha value is -2.97. The maximum atomic E-state index is 14.5. The van der Waals surface area contributed by atoms with E-state index in [2.05, 4.69) is 20.1 Å². The summed E-state index contributed by atoms with van der Waals surface area (Å²) in [4.78, 5) is 48.7. The molecule has 3 heterocycles. The van der Waals surface area contributed by atoms with Crippen LogP contribution in [0.25, 0.3) is 0 Å². The van der Waals surface area contributed by atoms with Crippen LogP contribution in [0, 0.1) is 11.8 Å². The number of hydrogen-bond donors (Lipinski definition) is 1. The summed E-state index contributed by atoms with van der Waals surface area (Å²) < 4.78 is 6.86. The molecule has 2 bridgehead atoms. The van der Waals surface area contributed by atoms with Crippen molar-refractivity contribution in [2.45, 2.75) is 95.5 Å². The van der Waals surface area contributed by atoms with Crippen LogP contribution in [0.1, 0.15) is 71.3 Å². The summed E-state index contributed by atoms with van der Waals surface area (Å²) >= 11 is 0. The quantitative estimate of drug-likeness (QED) is 0.233. The number of carbonyl (C=O) groups excluding carboxylic acids is 3. The second kappa shape index (κ2) is 13.6. The van der Waals surface area contributed by atoms with E-state index in [9.17, 15) is 19.5 Å². The minimum absolute atomic E-state index is 0.0251. The Morgan fingerprint density at radius 1 is 1.12 bits per heavy atom. The fourth-order valence-corrected chi connectivity index (χ4v) is 7.64. The molecule has 6 atom stereocenters. The fraction of sp³-hybridized carbons (Fsp3) is 0.618. The number of benzene rings is 1.